The van der Waals surface area contributed by atoms with Gasteiger partial charge >= 0.3 is 0 Å². The number of hydrogen-bond acceptors (Lipinski definition) is 4. The summed E-state index contributed by atoms with van der Waals surface area (Å²) in [6.45, 7) is 6.97. The average Bonchev–Trinajstić information content (AvgIpc) is 3.19. The summed E-state index contributed by atoms with van der Waals surface area (Å²) in [4.78, 5) is 21.9. The van der Waals surface area contributed by atoms with Crippen LogP contribution in [-0.4, -0.2) is 65.6 Å². The summed E-state index contributed by atoms with van der Waals surface area (Å²) in [7, 11) is 0. The van der Waals surface area contributed by atoms with E-state index in [9.17, 15) is 4.79 Å². The van der Waals surface area contributed by atoms with Crippen molar-refractivity contribution in [1.82, 2.24) is 14.8 Å². The molecule has 1 aromatic heterocycles. The summed E-state index contributed by atoms with van der Waals surface area (Å²) in [5.74, 6) is 0.923. The summed E-state index contributed by atoms with van der Waals surface area (Å²) in [6, 6.07) is 4.77. The van der Waals surface area contributed by atoms with Crippen LogP contribution in [0.25, 0.3) is 0 Å². The summed E-state index contributed by atoms with van der Waals surface area (Å²) in [5, 5.41) is 0. The molecule has 1 aromatic rings. The maximum Gasteiger partial charge on any atom is 0.255 e. The van der Waals surface area contributed by atoms with Gasteiger partial charge in [-0.3, -0.25) is 14.7 Å². The maximum absolute atomic E-state index is 12.8. The molecule has 0 N–H and O–H groups in total. The Morgan fingerprint density at radius 3 is 2.71 bits per heavy atom. The summed E-state index contributed by atoms with van der Waals surface area (Å²) in [5.41, 5.74) is 1.68. The van der Waals surface area contributed by atoms with Crippen LogP contribution < -0.4 is 0 Å². The molecule has 5 nitrogen and oxygen atoms in total. The lowest BCUT2D eigenvalue weighted by molar-refractivity contribution is 0.0502. The quantitative estimate of drug-likeness (QED) is 0.852. The van der Waals surface area contributed by atoms with Crippen LogP contribution in [0.4, 0.5) is 0 Å². The van der Waals surface area contributed by atoms with Crippen molar-refractivity contribution in [2.75, 3.05) is 32.8 Å². The second-order valence-corrected chi connectivity index (χ2v) is 7.45. The lowest BCUT2D eigenvalue weighted by Gasteiger charge is -2.30. The summed E-state index contributed by atoms with van der Waals surface area (Å²) in [6.07, 6.45) is 6.31. The summed E-state index contributed by atoms with van der Waals surface area (Å²) >= 11 is 0. The van der Waals surface area contributed by atoms with E-state index in [2.05, 4.69) is 14.8 Å². The van der Waals surface area contributed by atoms with Gasteiger partial charge in [-0.25, -0.2) is 0 Å². The molecule has 4 rings (SSSR count). The van der Waals surface area contributed by atoms with Crippen molar-refractivity contribution in [2.45, 2.75) is 44.7 Å². The molecule has 3 aliphatic heterocycles. The average molecular weight is 329 g/mol. The Labute approximate surface area is 144 Å². The van der Waals surface area contributed by atoms with Crippen LogP contribution in [0, 0.1) is 12.8 Å². The van der Waals surface area contributed by atoms with Crippen LogP contribution in [0.1, 0.15) is 41.7 Å². The monoisotopic (exact) mass is 329 g/mol. The van der Waals surface area contributed by atoms with Gasteiger partial charge in [0, 0.05) is 56.8 Å². The molecule has 5 heteroatoms. The third kappa shape index (κ3) is 3.07. The molecule has 130 valence electrons. The minimum atomic E-state index is 0.155. The minimum Gasteiger partial charge on any atom is -0.381 e. The fourth-order valence-corrected chi connectivity index (χ4v) is 4.57. The molecular formula is C19H27N3O2. The van der Waals surface area contributed by atoms with Gasteiger partial charge in [0.2, 0.25) is 0 Å². The van der Waals surface area contributed by atoms with Crippen LogP contribution in [0.2, 0.25) is 0 Å². The SMILES string of the molecule is Cc1ccc(C(=O)N2CC[C@@H]3[C@@H]2CCN3CC2CCOCC2)cn1. The predicted molar refractivity (Wildman–Crippen MR) is 91.9 cm³/mol. The molecule has 0 unspecified atom stereocenters. The van der Waals surface area contributed by atoms with Crippen LogP contribution in [-0.2, 0) is 4.74 Å². The molecule has 2 atom stereocenters. The molecule has 0 saturated carbocycles. The first-order chi connectivity index (χ1) is 11.7. The third-order valence-corrected chi connectivity index (χ3v) is 5.94. The zero-order chi connectivity index (χ0) is 16.5. The molecule has 0 aromatic carbocycles. The normalized spacial score (nSPS) is 28.3. The van der Waals surface area contributed by atoms with E-state index in [0.717, 1.165) is 56.3 Å². The molecule has 0 bridgehead atoms. The predicted octanol–water partition coefficient (Wildman–Crippen LogP) is 2.11. The number of hydrogen-bond donors (Lipinski definition) is 0. The van der Waals surface area contributed by atoms with Crippen molar-refractivity contribution in [1.29, 1.82) is 0 Å². The molecular weight excluding hydrogens is 302 g/mol. The van der Waals surface area contributed by atoms with E-state index in [1.165, 1.54) is 19.4 Å². The Kier molecular flexibility index (Phi) is 4.55. The highest BCUT2D eigenvalue weighted by Crippen LogP contribution is 2.34. The van der Waals surface area contributed by atoms with Crippen molar-refractivity contribution in [3.8, 4) is 0 Å². The maximum atomic E-state index is 12.8. The largest absolute Gasteiger partial charge is 0.381 e. The van der Waals surface area contributed by atoms with E-state index in [0.29, 0.717) is 12.1 Å². The number of carbonyl (C=O) groups excluding carboxylic acids is 1. The van der Waals surface area contributed by atoms with Crippen molar-refractivity contribution < 1.29 is 9.53 Å². The van der Waals surface area contributed by atoms with Gasteiger partial charge in [0.15, 0.2) is 0 Å². The molecule has 24 heavy (non-hydrogen) atoms. The Bertz CT molecular complexity index is 583. The van der Waals surface area contributed by atoms with E-state index in [-0.39, 0.29) is 5.91 Å². The van der Waals surface area contributed by atoms with Crippen molar-refractivity contribution >= 4 is 5.91 Å². The van der Waals surface area contributed by atoms with Gasteiger partial charge in [0.05, 0.1) is 5.56 Å². The fourth-order valence-electron chi connectivity index (χ4n) is 4.57. The zero-order valence-electron chi connectivity index (χ0n) is 14.5. The van der Waals surface area contributed by atoms with E-state index in [1.54, 1.807) is 6.20 Å². The number of fused-ring (bicyclic) bond motifs is 1. The first-order valence-corrected chi connectivity index (χ1v) is 9.28. The van der Waals surface area contributed by atoms with Gasteiger partial charge in [-0.2, -0.15) is 0 Å². The fraction of sp³-hybridized carbons (Fsp3) is 0.684. The van der Waals surface area contributed by atoms with Gasteiger partial charge in [0.25, 0.3) is 5.91 Å². The van der Waals surface area contributed by atoms with E-state index < -0.39 is 0 Å². The third-order valence-electron chi connectivity index (χ3n) is 5.94. The number of ether oxygens (including phenoxy) is 1. The van der Waals surface area contributed by atoms with Gasteiger partial charge in [-0.15, -0.1) is 0 Å². The highest BCUT2D eigenvalue weighted by atomic mass is 16.5. The number of likely N-dealkylation sites (tertiary alicyclic amines) is 2. The lowest BCUT2D eigenvalue weighted by atomic mass is 9.99. The number of amides is 1. The van der Waals surface area contributed by atoms with E-state index in [1.807, 2.05) is 19.1 Å². The van der Waals surface area contributed by atoms with Crippen molar-refractivity contribution in [3.05, 3.63) is 29.6 Å². The first-order valence-electron chi connectivity index (χ1n) is 9.28. The molecule has 3 fully saturated rings. The second kappa shape index (κ2) is 6.81. The summed E-state index contributed by atoms with van der Waals surface area (Å²) < 4.78 is 5.48. The van der Waals surface area contributed by atoms with E-state index >= 15 is 0 Å². The Balaban J connectivity index is 1.40. The smallest absolute Gasteiger partial charge is 0.255 e. The molecule has 0 aliphatic carbocycles. The van der Waals surface area contributed by atoms with E-state index in [4.69, 9.17) is 4.74 Å². The number of aromatic nitrogens is 1. The van der Waals surface area contributed by atoms with Gasteiger partial charge in [-0.05, 0) is 50.7 Å². The molecule has 3 aliphatic rings. The standard InChI is InChI=1S/C19H27N3O2/c1-14-2-3-16(12-20-14)19(23)22-9-5-17-18(22)4-8-21(17)13-15-6-10-24-11-7-15/h2-3,12,15,17-18H,4-11,13H2,1H3/t17-,18+/m1/s1. The van der Waals surface area contributed by atoms with Crippen molar-refractivity contribution in [2.24, 2.45) is 5.92 Å². The zero-order valence-corrected chi connectivity index (χ0v) is 14.5. The van der Waals surface area contributed by atoms with Gasteiger partial charge < -0.3 is 9.64 Å². The minimum absolute atomic E-state index is 0.155. The molecule has 4 heterocycles. The van der Waals surface area contributed by atoms with Crippen LogP contribution in [0.5, 0.6) is 0 Å². The number of pyridine rings is 1. The number of carbonyl (C=O) groups is 1. The number of aryl methyl sites for hydroxylation is 1. The second-order valence-electron chi connectivity index (χ2n) is 7.45. The van der Waals surface area contributed by atoms with Crippen LogP contribution in [0.15, 0.2) is 18.3 Å². The van der Waals surface area contributed by atoms with Gasteiger partial charge in [-0.1, -0.05) is 0 Å². The van der Waals surface area contributed by atoms with Crippen LogP contribution >= 0.6 is 0 Å². The topological polar surface area (TPSA) is 45.7 Å². The number of nitrogens with zero attached hydrogens (tertiary/aromatic N) is 3. The lowest BCUT2D eigenvalue weighted by Crippen LogP contribution is -2.41. The van der Waals surface area contributed by atoms with Gasteiger partial charge in [0.1, 0.15) is 0 Å². The molecule has 1 amide bonds. The Morgan fingerprint density at radius 1 is 1.17 bits per heavy atom. The Hall–Kier alpha value is -1.46. The molecule has 0 spiro atoms. The first kappa shape index (κ1) is 16.0. The molecule has 3 saturated heterocycles. The molecule has 0 radical (unpaired) electrons. The highest BCUT2D eigenvalue weighted by Gasteiger charge is 2.44. The van der Waals surface area contributed by atoms with Crippen molar-refractivity contribution in [3.63, 3.8) is 0 Å². The number of rotatable bonds is 3. The van der Waals surface area contributed by atoms with Crippen LogP contribution in [0.3, 0.4) is 0 Å². The Morgan fingerprint density at radius 2 is 1.96 bits per heavy atom. The highest BCUT2D eigenvalue weighted by molar-refractivity contribution is 5.94.